The lowest BCUT2D eigenvalue weighted by atomic mass is 10.0. The van der Waals surface area contributed by atoms with Crippen molar-refractivity contribution in [2.45, 2.75) is 38.8 Å². The quantitative estimate of drug-likeness (QED) is 0.838. The second-order valence-electron chi connectivity index (χ2n) is 6.91. The van der Waals surface area contributed by atoms with Gasteiger partial charge in [0.15, 0.2) is 17.5 Å². The van der Waals surface area contributed by atoms with Crippen LogP contribution in [0.2, 0.25) is 0 Å². The third kappa shape index (κ3) is 3.53. The Morgan fingerprint density at radius 3 is 2.70 bits per heavy atom. The summed E-state index contributed by atoms with van der Waals surface area (Å²) >= 11 is 0. The number of hydrogen-bond acceptors (Lipinski definition) is 4. The van der Waals surface area contributed by atoms with Crippen LogP contribution in [-0.2, 0) is 19.5 Å². The summed E-state index contributed by atoms with van der Waals surface area (Å²) < 4.78 is 41.2. The van der Waals surface area contributed by atoms with E-state index in [4.69, 9.17) is 0 Å². The Hall–Kier alpha value is -2.48. The highest BCUT2D eigenvalue weighted by atomic mass is 19.2. The summed E-state index contributed by atoms with van der Waals surface area (Å²) in [7, 11) is 0. The largest absolute Gasteiger partial charge is 0.305 e. The molecule has 0 spiro atoms. The summed E-state index contributed by atoms with van der Waals surface area (Å²) in [5, 5.41) is 0. The molecule has 142 valence electrons. The number of aromatic amines is 1. The monoisotopic (exact) mass is 376 g/mol. The van der Waals surface area contributed by atoms with Gasteiger partial charge < -0.3 is 4.98 Å². The van der Waals surface area contributed by atoms with E-state index in [2.05, 4.69) is 15.0 Å². The van der Waals surface area contributed by atoms with Crippen molar-refractivity contribution >= 4 is 5.71 Å². The van der Waals surface area contributed by atoms with Gasteiger partial charge in [0.05, 0.1) is 17.0 Å². The smallest absolute Gasteiger partial charge is 0.255 e. The molecule has 0 atom stereocenters. The van der Waals surface area contributed by atoms with Crippen molar-refractivity contribution in [2.75, 3.05) is 13.1 Å². The standard InChI is InChI=1S/C19H19F3N4O/c20-13-4-5-14(21)17(22)11(13)9-26-8-6-15-12(10-26)19(27)25-18(24-15)16-3-1-2-7-23-16/h4-5H,1-3,6-10H2,(H,24,25,27). The minimum atomic E-state index is -1.18. The van der Waals surface area contributed by atoms with E-state index >= 15 is 0 Å². The summed E-state index contributed by atoms with van der Waals surface area (Å²) in [4.78, 5) is 26.0. The summed E-state index contributed by atoms with van der Waals surface area (Å²) in [6, 6.07) is 1.68. The van der Waals surface area contributed by atoms with Crippen molar-refractivity contribution in [2.24, 2.45) is 4.99 Å². The number of rotatable bonds is 3. The Kier molecular flexibility index (Phi) is 4.82. The van der Waals surface area contributed by atoms with Gasteiger partial charge in [0, 0.05) is 38.2 Å². The number of halogens is 3. The minimum Gasteiger partial charge on any atom is -0.305 e. The highest BCUT2D eigenvalue weighted by molar-refractivity contribution is 5.97. The van der Waals surface area contributed by atoms with Gasteiger partial charge in [-0.3, -0.25) is 14.7 Å². The average Bonchev–Trinajstić information content (AvgIpc) is 2.69. The highest BCUT2D eigenvalue weighted by Gasteiger charge is 2.25. The SMILES string of the molecule is O=c1[nH]c(C2=NCCCC2)nc2c1CN(Cc1c(F)ccc(F)c1F)CC2. The molecule has 0 aliphatic carbocycles. The number of aliphatic imine (C=N–C) groups is 1. The van der Waals surface area contributed by atoms with Gasteiger partial charge in [0.25, 0.3) is 5.56 Å². The Bertz CT molecular complexity index is 970. The van der Waals surface area contributed by atoms with Crippen LogP contribution in [0.1, 0.15) is 41.9 Å². The van der Waals surface area contributed by atoms with Crippen LogP contribution in [0.3, 0.4) is 0 Å². The van der Waals surface area contributed by atoms with Crippen LogP contribution < -0.4 is 5.56 Å². The van der Waals surface area contributed by atoms with Crippen molar-refractivity contribution in [1.82, 2.24) is 14.9 Å². The lowest BCUT2D eigenvalue weighted by Crippen LogP contribution is -2.36. The molecule has 3 heterocycles. The van der Waals surface area contributed by atoms with E-state index in [-0.39, 0.29) is 24.2 Å². The van der Waals surface area contributed by atoms with Gasteiger partial charge in [-0.25, -0.2) is 18.2 Å². The van der Waals surface area contributed by atoms with Crippen LogP contribution in [0.5, 0.6) is 0 Å². The fourth-order valence-electron chi connectivity index (χ4n) is 3.58. The lowest BCUT2D eigenvalue weighted by molar-refractivity contribution is 0.233. The molecular formula is C19H19F3N4O. The molecule has 0 unspecified atom stereocenters. The van der Waals surface area contributed by atoms with E-state index in [0.29, 0.717) is 30.0 Å². The zero-order chi connectivity index (χ0) is 19.0. The second-order valence-corrected chi connectivity index (χ2v) is 6.91. The maximum Gasteiger partial charge on any atom is 0.255 e. The molecule has 2 aliphatic heterocycles. The number of nitrogens with zero attached hydrogens (tertiary/aromatic N) is 3. The molecule has 0 bridgehead atoms. The fraction of sp³-hybridized carbons (Fsp3) is 0.421. The topological polar surface area (TPSA) is 61.4 Å². The van der Waals surface area contributed by atoms with Crippen LogP contribution in [0.25, 0.3) is 0 Å². The van der Waals surface area contributed by atoms with E-state index in [9.17, 15) is 18.0 Å². The molecule has 2 aromatic rings. The number of aromatic nitrogens is 2. The minimum absolute atomic E-state index is 0.108. The summed E-state index contributed by atoms with van der Waals surface area (Å²) in [6.45, 7) is 1.32. The average molecular weight is 376 g/mol. The molecule has 0 saturated carbocycles. The Balaban J connectivity index is 1.58. The van der Waals surface area contributed by atoms with Gasteiger partial charge in [-0.1, -0.05) is 0 Å². The molecule has 1 N–H and O–H groups in total. The van der Waals surface area contributed by atoms with Gasteiger partial charge >= 0.3 is 0 Å². The first-order chi connectivity index (χ1) is 13.0. The van der Waals surface area contributed by atoms with Crippen molar-refractivity contribution in [3.63, 3.8) is 0 Å². The van der Waals surface area contributed by atoms with Crippen molar-refractivity contribution < 1.29 is 13.2 Å². The van der Waals surface area contributed by atoms with E-state index in [0.717, 1.165) is 43.7 Å². The molecule has 0 fully saturated rings. The van der Waals surface area contributed by atoms with Crippen LogP contribution >= 0.6 is 0 Å². The van der Waals surface area contributed by atoms with Gasteiger partial charge in [-0.15, -0.1) is 0 Å². The normalized spacial score (nSPS) is 17.5. The number of nitrogens with one attached hydrogen (secondary N) is 1. The van der Waals surface area contributed by atoms with E-state index in [1.165, 1.54) is 0 Å². The van der Waals surface area contributed by atoms with Gasteiger partial charge in [0.1, 0.15) is 5.82 Å². The van der Waals surface area contributed by atoms with E-state index in [1.807, 2.05) is 0 Å². The molecule has 0 saturated heterocycles. The van der Waals surface area contributed by atoms with Gasteiger partial charge in [-0.2, -0.15) is 0 Å². The zero-order valence-electron chi connectivity index (χ0n) is 14.7. The summed E-state index contributed by atoms with van der Waals surface area (Å²) in [5.41, 5.74) is 1.42. The third-order valence-electron chi connectivity index (χ3n) is 5.07. The van der Waals surface area contributed by atoms with E-state index in [1.54, 1.807) is 4.90 Å². The van der Waals surface area contributed by atoms with Crippen molar-refractivity contribution in [3.05, 3.63) is 62.6 Å². The third-order valence-corrected chi connectivity index (χ3v) is 5.07. The van der Waals surface area contributed by atoms with Crippen LogP contribution in [-0.4, -0.2) is 33.7 Å². The Morgan fingerprint density at radius 1 is 1.11 bits per heavy atom. The predicted octanol–water partition coefficient (Wildman–Crippen LogP) is 2.72. The number of fused-ring (bicyclic) bond motifs is 1. The van der Waals surface area contributed by atoms with E-state index < -0.39 is 17.5 Å². The fourth-order valence-corrected chi connectivity index (χ4v) is 3.58. The van der Waals surface area contributed by atoms with Crippen LogP contribution in [0.4, 0.5) is 13.2 Å². The second kappa shape index (κ2) is 7.26. The number of hydrogen-bond donors (Lipinski definition) is 1. The zero-order valence-corrected chi connectivity index (χ0v) is 14.7. The molecular weight excluding hydrogens is 357 g/mol. The lowest BCUT2D eigenvalue weighted by Gasteiger charge is -2.28. The maximum atomic E-state index is 13.9. The molecule has 0 amide bonds. The molecule has 2 aliphatic rings. The van der Waals surface area contributed by atoms with Gasteiger partial charge in [0.2, 0.25) is 0 Å². The van der Waals surface area contributed by atoms with Crippen molar-refractivity contribution in [1.29, 1.82) is 0 Å². The molecule has 1 aromatic heterocycles. The number of benzene rings is 1. The first-order valence-corrected chi connectivity index (χ1v) is 9.03. The predicted molar refractivity (Wildman–Crippen MR) is 94.2 cm³/mol. The molecule has 5 nitrogen and oxygen atoms in total. The molecule has 27 heavy (non-hydrogen) atoms. The first-order valence-electron chi connectivity index (χ1n) is 9.03. The Morgan fingerprint density at radius 2 is 1.93 bits per heavy atom. The first kappa shape index (κ1) is 17.9. The van der Waals surface area contributed by atoms with Crippen molar-refractivity contribution in [3.8, 4) is 0 Å². The summed E-state index contributed by atoms with van der Waals surface area (Å²) in [5.74, 6) is -2.54. The van der Waals surface area contributed by atoms with Crippen LogP contribution in [0.15, 0.2) is 21.9 Å². The maximum absolute atomic E-state index is 13.9. The number of H-pyrrole nitrogens is 1. The highest BCUT2D eigenvalue weighted by Crippen LogP contribution is 2.22. The van der Waals surface area contributed by atoms with Crippen LogP contribution in [0, 0.1) is 17.5 Å². The summed E-state index contributed by atoms with van der Waals surface area (Å²) in [6.07, 6.45) is 3.35. The Labute approximate surface area is 154 Å². The molecule has 0 radical (unpaired) electrons. The molecule has 4 rings (SSSR count). The molecule has 8 heteroatoms. The molecule has 1 aromatic carbocycles. The van der Waals surface area contributed by atoms with Gasteiger partial charge in [-0.05, 0) is 31.4 Å².